The number of nitro groups is 1. The zero-order valence-corrected chi connectivity index (χ0v) is 14.6. The number of sulfonamides is 1. The maximum atomic E-state index is 12.8. The number of nitrogens with zero attached hydrogens (tertiary/aromatic N) is 2. The Morgan fingerprint density at radius 2 is 1.76 bits per heavy atom. The summed E-state index contributed by atoms with van der Waals surface area (Å²) in [6, 6.07) is 9.24. The average molecular weight is 364 g/mol. The van der Waals surface area contributed by atoms with Crippen LogP contribution in [0.25, 0.3) is 0 Å². The van der Waals surface area contributed by atoms with Gasteiger partial charge in [0.15, 0.2) is 0 Å². The van der Waals surface area contributed by atoms with Gasteiger partial charge in [0.05, 0.1) is 28.2 Å². The summed E-state index contributed by atoms with van der Waals surface area (Å²) in [5.74, 6) is -0.569. The van der Waals surface area contributed by atoms with Crippen LogP contribution in [0.5, 0.6) is 0 Å². The minimum absolute atomic E-state index is 0.0940. The van der Waals surface area contributed by atoms with Gasteiger partial charge in [-0.15, -0.1) is 0 Å². The van der Waals surface area contributed by atoms with Crippen LogP contribution in [0, 0.1) is 17.0 Å². The van der Waals surface area contributed by atoms with Crippen LogP contribution in [-0.2, 0) is 14.8 Å². The zero-order valence-electron chi connectivity index (χ0n) is 13.8. The van der Waals surface area contributed by atoms with E-state index in [1.54, 1.807) is 19.1 Å². The van der Waals surface area contributed by atoms with Gasteiger partial charge in [-0.2, -0.15) is 0 Å². The van der Waals surface area contributed by atoms with Crippen LogP contribution in [0.1, 0.15) is 15.9 Å². The highest BCUT2D eigenvalue weighted by Gasteiger charge is 2.25. The molecule has 0 heterocycles. The molecule has 0 aliphatic heterocycles. The van der Waals surface area contributed by atoms with Gasteiger partial charge in [0.25, 0.3) is 15.7 Å². The Hall–Kier alpha value is -2.94. The van der Waals surface area contributed by atoms with Crippen LogP contribution in [0.3, 0.4) is 0 Å². The lowest BCUT2D eigenvalue weighted by atomic mass is 10.1. The van der Waals surface area contributed by atoms with Crippen LogP contribution in [-0.4, -0.2) is 33.5 Å². The van der Waals surface area contributed by atoms with E-state index in [9.17, 15) is 23.3 Å². The second-order valence-electron chi connectivity index (χ2n) is 5.16. The second kappa shape index (κ2) is 6.89. The van der Waals surface area contributed by atoms with E-state index >= 15 is 0 Å². The number of hydrogen-bond acceptors (Lipinski definition) is 6. The van der Waals surface area contributed by atoms with E-state index in [0.717, 1.165) is 16.4 Å². The summed E-state index contributed by atoms with van der Waals surface area (Å²) in [5, 5.41) is 10.7. The number of non-ortho nitro benzene ring substituents is 1. The van der Waals surface area contributed by atoms with Gasteiger partial charge < -0.3 is 4.74 Å². The molecule has 0 saturated carbocycles. The van der Waals surface area contributed by atoms with Crippen molar-refractivity contribution in [2.45, 2.75) is 11.8 Å². The number of carbonyl (C=O) groups is 1. The van der Waals surface area contributed by atoms with Crippen molar-refractivity contribution < 1.29 is 22.9 Å². The third kappa shape index (κ3) is 3.45. The molecule has 0 amide bonds. The molecule has 0 spiro atoms. The Morgan fingerprint density at radius 1 is 1.16 bits per heavy atom. The van der Waals surface area contributed by atoms with Gasteiger partial charge in [-0.25, -0.2) is 13.2 Å². The Balaban J connectivity index is 2.47. The number of esters is 1. The molecule has 0 radical (unpaired) electrons. The van der Waals surface area contributed by atoms with E-state index in [1.807, 2.05) is 0 Å². The van der Waals surface area contributed by atoms with Gasteiger partial charge in [-0.05, 0) is 36.8 Å². The summed E-state index contributed by atoms with van der Waals surface area (Å²) in [6.07, 6.45) is 0. The van der Waals surface area contributed by atoms with E-state index in [4.69, 9.17) is 0 Å². The van der Waals surface area contributed by atoms with Crippen molar-refractivity contribution in [2.75, 3.05) is 18.5 Å². The molecule has 0 aliphatic carbocycles. The average Bonchev–Trinajstić information content (AvgIpc) is 2.60. The SMILES string of the molecule is COC(=O)c1cccc(N(C)S(=O)(=O)c2ccc([N+](=O)[O-])cc2)c1C. The molecular weight excluding hydrogens is 348 g/mol. The Bertz CT molecular complexity index is 922. The normalized spacial score (nSPS) is 11.0. The highest BCUT2D eigenvalue weighted by molar-refractivity contribution is 7.92. The number of nitro benzene ring substituents is 1. The Labute approximate surface area is 144 Å². The van der Waals surface area contributed by atoms with Crippen molar-refractivity contribution in [3.8, 4) is 0 Å². The molecule has 2 rings (SSSR count). The predicted octanol–water partition coefficient (Wildman–Crippen LogP) is 2.51. The molecule has 0 atom stereocenters. The molecule has 0 bridgehead atoms. The maximum Gasteiger partial charge on any atom is 0.338 e. The lowest BCUT2D eigenvalue weighted by Crippen LogP contribution is -2.27. The third-order valence-corrected chi connectivity index (χ3v) is 5.54. The fourth-order valence-electron chi connectivity index (χ4n) is 2.32. The van der Waals surface area contributed by atoms with Crippen LogP contribution in [0.2, 0.25) is 0 Å². The van der Waals surface area contributed by atoms with Crippen LogP contribution >= 0.6 is 0 Å². The number of ether oxygens (including phenoxy) is 1. The first-order chi connectivity index (χ1) is 11.7. The first kappa shape index (κ1) is 18.4. The Kier molecular flexibility index (Phi) is 5.07. The highest BCUT2D eigenvalue weighted by Crippen LogP contribution is 2.28. The molecule has 0 aromatic heterocycles. The number of benzene rings is 2. The van der Waals surface area contributed by atoms with Gasteiger partial charge in [0, 0.05) is 19.2 Å². The lowest BCUT2D eigenvalue weighted by Gasteiger charge is -2.22. The van der Waals surface area contributed by atoms with Gasteiger partial charge in [-0.1, -0.05) is 6.07 Å². The maximum absolute atomic E-state index is 12.8. The van der Waals surface area contributed by atoms with Crippen LogP contribution in [0.15, 0.2) is 47.4 Å². The number of anilines is 1. The number of carbonyl (C=O) groups excluding carboxylic acids is 1. The standard InChI is InChI=1S/C16H16N2O6S/c1-11-14(16(19)24-3)5-4-6-15(11)17(2)25(22,23)13-9-7-12(8-10-13)18(20)21/h4-10H,1-3H3. The van der Waals surface area contributed by atoms with E-state index in [2.05, 4.69) is 4.74 Å². The van der Waals surface area contributed by atoms with E-state index in [0.29, 0.717) is 11.3 Å². The van der Waals surface area contributed by atoms with Crippen molar-refractivity contribution in [1.29, 1.82) is 0 Å². The predicted molar refractivity (Wildman–Crippen MR) is 91.2 cm³/mol. The first-order valence-corrected chi connectivity index (χ1v) is 8.55. The quantitative estimate of drug-likeness (QED) is 0.458. The molecule has 9 heteroatoms. The summed E-state index contributed by atoms with van der Waals surface area (Å²) in [6.45, 7) is 1.61. The fourth-order valence-corrected chi connectivity index (χ4v) is 3.58. The molecule has 0 N–H and O–H groups in total. The van der Waals surface area contributed by atoms with Crippen molar-refractivity contribution in [3.05, 3.63) is 63.7 Å². The zero-order chi connectivity index (χ0) is 18.8. The third-order valence-electron chi connectivity index (χ3n) is 3.76. The molecule has 0 saturated heterocycles. The molecule has 0 unspecified atom stereocenters. The van der Waals surface area contributed by atoms with Gasteiger partial charge in [0.1, 0.15) is 0 Å². The second-order valence-corrected chi connectivity index (χ2v) is 7.13. The first-order valence-electron chi connectivity index (χ1n) is 7.11. The molecule has 132 valence electrons. The minimum Gasteiger partial charge on any atom is -0.465 e. The van der Waals surface area contributed by atoms with Crippen LogP contribution < -0.4 is 4.31 Å². The van der Waals surface area contributed by atoms with E-state index < -0.39 is 20.9 Å². The largest absolute Gasteiger partial charge is 0.465 e. The van der Waals surface area contributed by atoms with Crippen molar-refractivity contribution >= 4 is 27.4 Å². The number of rotatable bonds is 5. The van der Waals surface area contributed by atoms with Crippen molar-refractivity contribution in [2.24, 2.45) is 0 Å². The van der Waals surface area contributed by atoms with Crippen LogP contribution in [0.4, 0.5) is 11.4 Å². The molecule has 2 aromatic rings. The fraction of sp³-hybridized carbons (Fsp3) is 0.188. The molecule has 0 fully saturated rings. The lowest BCUT2D eigenvalue weighted by molar-refractivity contribution is -0.384. The van der Waals surface area contributed by atoms with Gasteiger partial charge >= 0.3 is 5.97 Å². The molecule has 8 nitrogen and oxygen atoms in total. The summed E-state index contributed by atoms with van der Waals surface area (Å²) >= 11 is 0. The topological polar surface area (TPSA) is 107 Å². The summed E-state index contributed by atoms with van der Waals surface area (Å²) < 4.78 is 31.2. The molecular formula is C16H16N2O6S. The van der Waals surface area contributed by atoms with Crippen molar-refractivity contribution in [3.63, 3.8) is 0 Å². The summed E-state index contributed by atoms with van der Waals surface area (Å²) in [7, 11) is -1.36. The molecule has 2 aromatic carbocycles. The highest BCUT2D eigenvalue weighted by atomic mass is 32.2. The van der Waals surface area contributed by atoms with Crippen molar-refractivity contribution in [1.82, 2.24) is 0 Å². The summed E-state index contributed by atoms with van der Waals surface area (Å²) in [4.78, 5) is 21.8. The number of methoxy groups -OCH3 is 1. The van der Waals surface area contributed by atoms with Gasteiger partial charge in [-0.3, -0.25) is 14.4 Å². The minimum atomic E-state index is -3.95. The number of hydrogen-bond donors (Lipinski definition) is 0. The van der Waals surface area contributed by atoms with E-state index in [-0.39, 0.29) is 16.1 Å². The molecule has 25 heavy (non-hydrogen) atoms. The summed E-state index contributed by atoms with van der Waals surface area (Å²) in [5.41, 5.74) is 0.805. The Morgan fingerprint density at radius 3 is 2.28 bits per heavy atom. The monoisotopic (exact) mass is 364 g/mol. The smallest absolute Gasteiger partial charge is 0.338 e. The van der Waals surface area contributed by atoms with Gasteiger partial charge in [0.2, 0.25) is 0 Å². The van der Waals surface area contributed by atoms with E-state index in [1.165, 1.54) is 32.4 Å². The molecule has 0 aliphatic rings.